The Balaban J connectivity index is 3.15. The van der Waals surface area contributed by atoms with Crippen LogP contribution in [0.2, 0.25) is 0 Å². The highest BCUT2D eigenvalue weighted by Gasteiger charge is 2.32. The smallest absolute Gasteiger partial charge is 0.190 e. The standard InChI is InChI=1S/C14H22O2S2/c1-10(2)12(4)14(17-5)18(15,16)13-8-6-11(3)7-9-13/h6-10,12,14H,1-5H3/t12-,14+/m0/s1. The molecule has 1 aromatic carbocycles. The lowest BCUT2D eigenvalue weighted by molar-refractivity contribution is 0.438. The van der Waals surface area contributed by atoms with E-state index in [1.165, 1.54) is 11.8 Å². The molecule has 0 amide bonds. The normalized spacial score (nSPS) is 15.7. The van der Waals surface area contributed by atoms with Crippen molar-refractivity contribution >= 4 is 21.6 Å². The van der Waals surface area contributed by atoms with Gasteiger partial charge in [-0.2, -0.15) is 0 Å². The molecule has 0 saturated carbocycles. The highest BCUT2D eigenvalue weighted by molar-refractivity contribution is 8.13. The molecule has 0 bridgehead atoms. The molecule has 0 aliphatic carbocycles. The second-order valence-electron chi connectivity index (χ2n) is 5.07. The predicted octanol–water partition coefficient (Wildman–Crippen LogP) is 3.75. The maximum atomic E-state index is 12.6. The van der Waals surface area contributed by atoms with E-state index in [2.05, 4.69) is 13.8 Å². The topological polar surface area (TPSA) is 34.1 Å². The van der Waals surface area contributed by atoms with E-state index < -0.39 is 9.84 Å². The molecule has 0 saturated heterocycles. The summed E-state index contributed by atoms with van der Waals surface area (Å²) in [7, 11) is -3.25. The molecular weight excluding hydrogens is 264 g/mol. The number of hydrogen-bond donors (Lipinski definition) is 0. The van der Waals surface area contributed by atoms with Crippen LogP contribution in [0.15, 0.2) is 29.2 Å². The number of rotatable bonds is 5. The Hall–Kier alpha value is -0.480. The maximum Gasteiger partial charge on any atom is 0.190 e. The van der Waals surface area contributed by atoms with E-state index >= 15 is 0 Å². The first-order valence-electron chi connectivity index (χ1n) is 6.14. The minimum atomic E-state index is -3.25. The lowest BCUT2D eigenvalue weighted by Crippen LogP contribution is -2.28. The number of benzene rings is 1. The van der Waals surface area contributed by atoms with Gasteiger partial charge in [-0.1, -0.05) is 38.5 Å². The number of aryl methyl sites for hydroxylation is 1. The lowest BCUT2D eigenvalue weighted by Gasteiger charge is -2.25. The Labute approximate surface area is 115 Å². The first-order valence-corrected chi connectivity index (χ1v) is 8.97. The largest absolute Gasteiger partial charge is 0.223 e. The summed E-state index contributed by atoms with van der Waals surface area (Å²) in [5.41, 5.74) is 1.08. The second kappa shape index (κ2) is 6.11. The van der Waals surface area contributed by atoms with Crippen molar-refractivity contribution in [2.75, 3.05) is 6.26 Å². The van der Waals surface area contributed by atoms with Crippen LogP contribution in [0.5, 0.6) is 0 Å². The van der Waals surface area contributed by atoms with Crippen molar-refractivity contribution in [1.82, 2.24) is 0 Å². The summed E-state index contributed by atoms with van der Waals surface area (Å²) < 4.78 is 24.8. The Morgan fingerprint density at radius 3 is 1.94 bits per heavy atom. The molecule has 18 heavy (non-hydrogen) atoms. The SMILES string of the molecule is CS[C@@H]([C@@H](C)C(C)C)S(=O)(=O)c1ccc(C)cc1. The van der Waals surface area contributed by atoms with Gasteiger partial charge >= 0.3 is 0 Å². The Morgan fingerprint density at radius 1 is 1.06 bits per heavy atom. The zero-order valence-electron chi connectivity index (χ0n) is 11.7. The van der Waals surface area contributed by atoms with E-state index in [0.29, 0.717) is 10.8 Å². The van der Waals surface area contributed by atoms with Crippen molar-refractivity contribution in [3.05, 3.63) is 29.8 Å². The highest BCUT2D eigenvalue weighted by Crippen LogP contribution is 2.32. The van der Waals surface area contributed by atoms with Gasteiger partial charge in [-0.15, -0.1) is 11.8 Å². The summed E-state index contributed by atoms with van der Waals surface area (Å²) >= 11 is 1.42. The van der Waals surface area contributed by atoms with Gasteiger partial charge in [-0.25, -0.2) is 8.42 Å². The fourth-order valence-electron chi connectivity index (χ4n) is 1.80. The number of hydrogen-bond acceptors (Lipinski definition) is 3. The lowest BCUT2D eigenvalue weighted by atomic mass is 10.0. The van der Waals surface area contributed by atoms with Gasteiger partial charge in [0.2, 0.25) is 0 Å². The summed E-state index contributed by atoms with van der Waals surface area (Å²) in [4.78, 5) is 0.431. The molecule has 102 valence electrons. The van der Waals surface area contributed by atoms with Gasteiger partial charge in [0, 0.05) is 0 Å². The van der Waals surface area contributed by atoms with Crippen molar-refractivity contribution in [2.45, 2.75) is 37.2 Å². The third-order valence-electron chi connectivity index (χ3n) is 3.37. The van der Waals surface area contributed by atoms with Crippen molar-refractivity contribution in [3.63, 3.8) is 0 Å². The predicted molar refractivity (Wildman–Crippen MR) is 79.7 cm³/mol. The van der Waals surface area contributed by atoms with Crippen LogP contribution in [0.1, 0.15) is 26.3 Å². The van der Waals surface area contributed by atoms with E-state index in [-0.39, 0.29) is 10.5 Å². The third kappa shape index (κ3) is 3.29. The quantitative estimate of drug-likeness (QED) is 0.826. The molecule has 0 unspecified atom stereocenters. The molecule has 2 nitrogen and oxygen atoms in total. The van der Waals surface area contributed by atoms with Crippen molar-refractivity contribution in [1.29, 1.82) is 0 Å². The number of sulfone groups is 1. The van der Waals surface area contributed by atoms with Gasteiger partial charge < -0.3 is 0 Å². The van der Waals surface area contributed by atoms with Crippen molar-refractivity contribution in [3.8, 4) is 0 Å². The zero-order chi connectivity index (χ0) is 13.9. The molecule has 0 radical (unpaired) electrons. The van der Waals surface area contributed by atoms with Gasteiger partial charge in [-0.05, 0) is 37.1 Å². The van der Waals surface area contributed by atoms with Crippen molar-refractivity contribution in [2.24, 2.45) is 11.8 Å². The van der Waals surface area contributed by atoms with Gasteiger partial charge in [0.15, 0.2) is 9.84 Å². The molecule has 0 fully saturated rings. The molecule has 0 heterocycles. The van der Waals surface area contributed by atoms with E-state index in [1.807, 2.05) is 32.2 Å². The third-order valence-corrected chi connectivity index (χ3v) is 7.57. The maximum absolute atomic E-state index is 12.6. The van der Waals surface area contributed by atoms with Gasteiger partial charge in [0.25, 0.3) is 0 Å². The average Bonchev–Trinajstić information content (AvgIpc) is 2.29. The monoisotopic (exact) mass is 286 g/mol. The fraction of sp³-hybridized carbons (Fsp3) is 0.571. The minimum absolute atomic E-state index is 0.131. The van der Waals surface area contributed by atoms with Crippen LogP contribution in [0.3, 0.4) is 0 Å². The van der Waals surface area contributed by atoms with Crippen LogP contribution >= 0.6 is 11.8 Å². The van der Waals surface area contributed by atoms with E-state index in [9.17, 15) is 8.42 Å². The molecule has 0 aliphatic rings. The Kier molecular flexibility index (Phi) is 5.29. The van der Waals surface area contributed by atoms with E-state index in [4.69, 9.17) is 0 Å². The van der Waals surface area contributed by atoms with Crippen LogP contribution in [-0.2, 0) is 9.84 Å². The summed E-state index contributed by atoms with van der Waals surface area (Å²) in [6.07, 6.45) is 1.87. The molecule has 4 heteroatoms. The van der Waals surface area contributed by atoms with Crippen LogP contribution < -0.4 is 0 Å². The summed E-state index contributed by atoms with van der Waals surface area (Å²) in [6.45, 7) is 8.11. The minimum Gasteiger partial charge on any atom is -0.223 e. The van der Waals surface area contributed by atoms with E-state index in [0.717, 1.165) is 5.56 Å². The zero-order valence-corrected chi connectivity index (χ0v) is 13.3. The summed E-state index contributed by atoms with van der Waals surface area (Å²) in [6, 6.07) is 7.12. The van der Waals surface area contributed by atoms with Crippen LogP contribution in [0.25, 0.3) is 0 Å². The molecule has 0 N–H and O–H groups in total. The highest BCUT2D eigenvalue weighted by atomic mass is 32.3. The summed E-state index contributed by atoms with van der Waals surface area (Å²) in [5, 5.41) is 0. The fourth-order valence-corrected chi connectivity index (χ4v) is 5.55. The van der Waals surface area contributed by atoms with Gasteiger partial charge in [-0.3, -0.25) is 0 Å². The van der Waals surface area contributed by atoms with Gasteiger partial charge in [0.05, 0.1) is 4.90 Å². The molecule has 1 rings (SSSR count). The van der Waals surface area contributed by atoms with Crippen LogP contribution in [-0.4, -0.2) is 19.3 Å². The van der Waals surface area contributed by atoms with Crippen LogP contribution in [0, 0.1) is 18.8 Å². The molecule has 2 atom stereocenters. The number of thioether (sulfide) groups is 1. The van der Waals surface area contributed by atoms with Crippen molar-refractivity contribution < 1.29 is 8.42 Å². The molecular formula is C14H22O2S2. The Morgan fingerprint density at radius 2 is 1.56 bits per heavy atom. The first-order chi connectivity index (χ1) is 8.30. The molecule has 0 spiro atoms. The van der Waals surface area contributed by atoms with E-state index in [1.54, 1.807) is 12.1 Å². The molecule has 0 aliphatic heterocycles. The van der Waals surface area contributed by atoms with Crippen LogP contribution in [0.4, 0.5) is 0 Å². The summed E-state index contributed by atoms with van der Waals surface area (Å²) in [5.74, 6) is 0.481. The first kappa shape index (κ1) is 15.6. The molecule has 0 aromatic heterocycles. The Bertz CT molecular complexity index is 475. The molecule has 1 aromatic rings. The van der Waals surface area contributed by atoms with Gasteiger partial charge in [0.1, 0.15) is 4.58 Å². The second-order valence-corrected chi connectivity index (χ2v) is 8.41. The average molecular weight is 286 g/mol.